The van der Waals surface area contributed by atoms with Gasteiger partial charge in [-0.05, 0) is 118 Å². The molecule has 0 saturated carbocycles. The first-order valence-corrected chi connectivity index (χ1v) is 22.4. The Bertz CT molecular complexity index is 3790. The zero-order chi connectivity index (χ0) is 41.4. The van der Waals surface area contributed by atoms with E-state index in [0.717, 1.165) is 5.69 Å². The maximum Gasteiger partial charge on any atom is 0.0619 e. The number of thiophene rings is 1. The molecule has 0 amide bonds. The van der Waals surface area contributed by atoms with E-state index in [2.05, 4.69) is 240 Å². The van der Waals surface area contributed by atoms with Gasteiger partial charge in [-0.3, -0.25) is 0 Å². The van der Waals surface area contributed by atoms with Gasteiger partial charge in [-0.15, -0.1) is 11.3 Å². The van der Waals surface area contributed by atoms with Gasteiger partial charge >= 0.3 is 0 Å². The minimum Gasteiger partial charge on any atom is -0.309 e. The lowest BCUT2D eigenvalue weighted by molar-refractivity contribution is 1.18. The van der Waals surface area contributed by atoms with Crippen LogP contribution in [0.25, 0.3) is 120 Å². The van der Waals surface area contributed by atoms with E-state index >= 15 is 0 Å². The molecule has 0 aliphatic heterocycles. The second-order valence-corrected chi connectivity index (χ2v) is 17.6. The summed E-state index contributed by atoms with van der Waals surface area (Å²) < 4.78 is 7.49. The Morgan fingerprint density at radius 1 is 0.254 bits per heavy atom. The van der Waals surface area contributed by atoms with Crippen molar-refractivity contribution in [3.05, 3.63) is 231 Å². The highest BCUT2D eigenvalue weighted by molar-refractivity contribution is 7.25. The van der Waals surface area contributed by atoms with Gasteiger partial charge in [0, 0.05) is 58.7 Å². The van der Waals surface area contributed by atoms with Gasteiger partial charge in [0.2, 0.25) is 0 Å². The monoisotopic (exact) mass is 818 g/mol. The van der Waals surface area contributed by atoms with Crippen LogP contribution in [0.1, 0.15) is 0 Å². The summed E-state index contributed by atoms with van der Waals surface area (Å²) in [4.78, 5) is 0. The zero-order valence-corrected chi connectivity index (χ0v) is 35.1. The molecule has 294 valence electrons. The maximum absolute atomic E-state index is 2.49. The predicted molar refractivity (Wildman–Crippen MR) is 270 cm³/mol. The van der Waals surface area contributed by atoms with E-state index in [0.29, 0.717) is 0 Å². The number of rotatable bonds is 6. The molecule has 0 saturated heterocycles. The molecule has 13 aromatic rings. The molecule has 3 heterocycles. The highest BCUT2D eigenvalue weighted by Gasteiger charge is 2.19. The summed E-state index contributed by atoms with van der Waals surface area (Å²) in [5, 5.41) is 7.60. The van der Waals surface area contributed by atoms with Crippen LogP contribution in [-0.4, -0.2) is 9.13 Å². The summed E-state index contributed by atoms with van der Waals surface area (Å²) in [6.07, 6.45) is 0. The third-order valence-electron chi connectivity index (χ3n) is 12.9. The van der Waals surface area contributed by atoms with Gasteiger partial charge < -0.3 is 9.13 Å². The van der Waals surface area contributed by atoms with Crippen LogP contribution < -0.4 is 0 Å². The summed E-state index contributed by atoms with van der Waals surface area (Å²) in [6, 6.07) is 84.8. The number of fused-ring (bicyclic) bond motifs is 9. The van der Waals surface area contributed by atoms with Crippen LogP contribution in [0.4, 0.5) is 0 Å². The molecule has 3 heteroatoms. The second kappa shape index (κ2) is 14.3. The van der Waals surface area contributed by atoms with Gasteiger partial charge in [0.15, 0.2) is 0 Å². The van der Waals surface area contributed by atoms with E-state index in [1.165, 1.54) is 114 Å². The molecule has 13 rings (SSSR count). The van der Waals surface area contributed by atoms with Gasteiger partial charge in [0.1, 0.15) is 0 Å². The van der Waals surface area contributed by atoms with Crippen LogP contribution in [0, 0.1) is 0 Å². The highest BCUT2D eigenvalue weighted by atomic mass is 32.1. The largest absolute Gasteiger partial charge is 0.309 e. The van der Waals surface area contributed by atoms with Gasteiger partial charge in [-0.25, -0.2) is 0 Å². The Balaban J connectivity index is 0.991. The first kappa shape index (κ1) is 35.7. The van der Waals surface area contributed by atoms with Crippen LogP contribution in [0.3, 0.4) is 0 Å². The average Bonchev–Trinajstić information content (AvgIpc) is 4.02. The zero-order valence-electron chi connectivity index (χ0n) is 34.2. The fraction of sp³-hybridized carbons (Fsp3) is 0. The van der Waals surface area contributed by atoms with E-state index in [1.54, 1.807) is 0 Å². The molecule has 0 aliphatic carbocycles. The van der Waals surface area contributed by atoms with Crippen LogP contribution in [0.15, 0.2) is 231 Å². The van der Waals surface area contributed by atoms with E-state index < -0.39 is 0 Å². The summed E-state index contributed by atoms with van der Waals surface area (Å²) in [5.41, 5.74) is 16.8. The van der Waals surface area contributed by atoms with E-state index in [-0.39, 0.29) is 0 Å². The lowest BCUT2D eigenvalue weighted by Gasteiger charge is -2.15. The SMILES string of the molecule is c1ccc(-c2cc(-c3ccccc3)cc(-c3cccc(-n4c5ccccc5c5cccc(-c6ccc7sc8ccc(-n9c%10ccccc%10c%10ccccc%109)cc8c7c6)c54)c3)c2)cc1. The Hall–Kier alpha value is -7.98. The third-order valence-corrected chi connectivity index (χ3v) is 14.0. The Labute approximate surface area is 368 Å². The van der Waals surface area contributed by atoms with Gasteiger partial charge in [-0.2, -0.15) is 0 Å². The number of para-hydroxylation sites is 4. The fourth-order valence-corrected chi connectivity index (χ4v) is 11.1. The van der Waals surface area contributed by atoms with Crippen LogP contribution in [-0.2, 0) is 0 Å². The fourth-order valence-electron chi connectivity index (χ4n) is 10.0. The van der Waals surface area contributed by atoms with E-state index in [9.17, 15) is 0 Å². The van der Waals surface area contributed by atoms with Crippen LogP contribution >= 0.6 is 11.3 Å². The van der Waals surface area contributed by atoms with Crippen molar-refractivity contribution in [3.8, 4) is 55.9 Å². The minimum absolute atomic E-state index is 1.13. The summed E-state index contributed by atoms with van der Waals surface area (Å²) >= 11 is 1.87. The van der Waals surface area contributed by atoms with Crippen molar-refractivity contribution < 1.29 is 0 Å². The third kappa shape index (κ3) is 5.78. The molecular weight excluding hydrogens is 781 g/mol. The van der Waals surface area contributed by atoms with Crippen molar-refractivity contribution in [2.45, 2.75) is 0 Å². The number of hydrogen-bond donors (Lipinski definition) is 0. The normalized spacial score (nSPS) is 11.8. The predicted octanol–water partition coefficient (Wildman–Crippen LogP) is 16.9. The number of aromatic nitrogens is 2. The molecule has 0 N–H and O–H groups in total. The van der Waals surface area contributed by atoms with Gasteiger partial charge in [0.05, 0.1) is 22.1 Å². The lowest BCUT2D eigenvalue weighted by Crippen LogP contribution is -1.96. The molecule has 2 nitrogen and oxygen atoms in total. The van der Waals surface area contributed by atoms with Crippen molar-refractivity contribution in [2.24, 2.45) is 0 Å². The summed E-state index contributed by atoms with van der Waals surface area (Å²) in [5.74, 6) is 0. The average molecular weight is 819 g/mol. The first-order chi connectivity index (χ1) is 31.2. The quantitative estimate of drug-likeness (QED) is 0.158. The second-order valence-electron chi connectivity index (χ2n) is 16.5. The summed E-state index contributed by atoms with van der Waals surface area (Å²) in [6.45, 7) is 0. The molecule has 0 radical (unpaired) electrons. The number of nitrogens with zero attached hydrogens (tertiary/aromatic N) is 2. The lowest BCUT2D eigenvalue weighted by atomic mass is 9.93. The smallest absolute Gasteiger partial charge is 0.0619 e. The number of benzene rings is 10. The maximum atomic E-state index is 2.49. The Kier molecular flexibility index (Phi) is 8.12. The van der Waals surface area contributed by atoms with E-state index in [4.69, 9.17) is 0 Å². The molecule has 10 aromatic carbocycles. The minimum atomic E-state index is 1.13. The molecule has 0 unspecified atom stereocenters. The van der Waals surface area contributed by atoms with Crippen LogP contribution in [0.5, 0.6) is 0 Å². The molecule has 0 bridgehead atoms. The van der Waals surface area contributed by atoms with Gasteiger partial charge in [-0.1, -0.05) is 152 Å². The molecule has 0 spiro atoms. The van der Waals surface area contributed by atoms with Gasteiger partial charge in [0.25, 0.3) is 0 Å². The summed E-state index contributed by atoms with van der Waals surface area (Å²) in [7, 11) is 0. The molecule has 0 atom stereocenters. The molecule has 0 aliphatic rings. The Morgan fingerprint density at radius 3 is 1.38 bits per heavy atom. The molecule has 63 heavy (non-hydrogen) atoms. The molecule has 3 aromatic heterocycles. The van der Waals surface area contributed by atoms with Crippen molar-refractivity contribution >= 4 is 75.1 Å². The topological polar surface area (TPSA) is 9.86 Å². The molecule has 0 fully saturated rings. The van der Waals surface area contributed by atoms with Crippen molar-refractivity contribution in [3.63, 3.8) is 0 Å². The highest BCUT2D eigenvalue weighted by Crippen LogP contribution is 2.43. The first-order valence-electron chi connectivity index (χ1n) is 21.6. The van der Waals surface area contributed by atoms with Crippen molar-refractivity contribution in [1.82, 2.24) is 9.13 Å². The molecular formula is C60H38N2S. The number of hydrogen-bond acceptors (Lipinski definition) is 1. The Morgan fingerprint density at radius 2 is 0.730 bits per heavy atom. The standard InChI is InChI=1S/C60H38N2S/c1-3-15-39(16-4-1)43-33-44(40-17-5-2-6-18-40)35-45(34-43)41-19-13-20-46(36-41)62-57-28-12-9-23-51(57)52-25-14-24-48(60(52)62)42-29-31-58-53(37-42)54-38-47(30-32-59(54)63-58)61-55-26-10-7-21-49(55)50-22-8-11-27-56(50)61/h1-38H. The van der Waals surface area contributed by atoms with E-state index in [1.807, 2.05) is 11.3 Å². The van der Waals surface area contributed by atoms with Crippen molar-refractivity contribution in [1.29, 1.82) is 0 Å². The van der Waals surface area contributed by atoms with Crippen LogP contribution in [0.2, 0.25) is 0 Å². The van der Waals surface area contributed by atoms with Crippen molar-refractivity contribution in [2.75, 3.05) is 0 Å².